The highest BCUT2D eigenvalue weighted by Gasteiger charge is 2.55. The number of fused-ring (bicyclic) bond motifs is 2. The van der Waals surface area contributed by atoms with Gasteiger partial charge in [0.05, 0.1) is 3.57 Å². The minimum Gasteiger partial charge on any atom is -0.324 e. The molecule has 28 heavy (non-hydrogen) atoms. The molecule has 1 spiro atoms. The maximum atomic E-state index is 13.6. The third kappa shape index (κ3) is 2.93. The number of carbonyl (C=O) groups is 3. The molecule has 9 heteroatoms. The Hall–Kier alpha value is -2.56. The molecule has 1 heterocycles. The summed E-state index contributed by atoms with van der Waals surface area (Å²) in [5, 5.41) is 5.04. The molecular weight excluding hydrogens is 483 g/mol. The summed E-state index contributed by atoms with van der Waals surface area (Å²) in [4.78, 5) is 38.5. The Kier molecular flexibility index (Phi) is 4.56. The normalized spacial score (nSPS) is 20.5. The molecule has 4 amide bonds. The van der Waals surface area contributed by atoms with Crippen LogP contribution in [0.3, 0.4) is 0 Å². The molecule has 1 atom stereocenters. The van der Waals surface area contributed by atoms with Crippen molar-refractivity contribution in [1.29, 1.82) is 0 Å². The molecule has 2 aromatic rings. The second kappa shape index (κ2) is 6.80. The van der Waals surface area contributed by atoms with Gasteiger partial charge in [-0.3, -0.25) is 14.5 Å². The quantitative estimate of drug-likeness (QED) is 0.389. The van der Waals surface area contributed by atoms with E-state index in [-0.39, 0.29) is 9.26 Å². The molecule has 2 aromatic carbocycles. The maximum Gasteiger partial charge on any atom is 0.325 e. The number of urea groups is 1. The van der Waals surface area contributed by atoms with Gasteiger partial charge in [0.1, 0.15) is 23.7 Å². The van der Waals surface area contributed by atoms with Crippen LogP contribution in [-0.4, -0.2) is 29.3 Å². The first-order valence-corrected chi connectivity index (χ1v) is 9.56. The molecule has 0 bridgehead atoms. The third-order valence-electron chi connectivity index (χ3n) is 4.99. The number of benzene rings is 2. The first-order valence-electron chi connectivity index (χ1n) is 8.49. The first-order chi connectivity index (χ1) is 13.3. The number of imide groups is 1. The van der Waals surface area contributed by atoms with E-state index < -0.39 is 41.6 Å². The monoisotopic (exact) mass is 497 g/mol. The van der Waals surface area contributed by atoms with Gasteiger partial charge in [0, 0.05) is 5.69 Å². The number of hydrogen-bond acceptors (Lipinski definition) is 3. The number of halogens is 3. The summed E-state index contributed by atoms with van der Waals surface area (Å²) in [5.41, 5.74) is 0.466. The number of nitrogens with zero attached hydrogens (tertiary/aromatic N) is 1. The molecule has 1 aliphatic carbocycles. The van der Waals surface area contributed by atoms with Gasteiger partial charge in [0.2, 0.25) is 5.91 Å². The van der Waals surface area contributed by atoms with Crippen LogP contribution in [0.4, 0.5) is 19.3 Å². The van der Waals surface area contributed by atoms with Crippen LogP contribution in [0.1, 0.15) is 17.5 Å². The number of carbonyl (C=O) groups excluding carboxylic acids is 3. The average molecular weight is 497 g/mol. The summed E-state index contributed by atoms with van der Waals surface area (Å²) in [7, 11) is 0. The lowest BCUT2D eigenvalue weighted by molar-refractivity contribution is -0.134. The number of hydrogen-bond donors (Lipinski definition) is 2. The summed E-state index contributed by atoms with van der Waals surface area (Å²) in [6.07, 6.45) is 1.06. The van der Waals surface area contributed by atoms with Gasteiger partial charge in [-0.25, -0.2) is 13.6 Å². The SMILES string of the molecule is O=C(CN1C(=O)NC2(CCc3ccccc32)C1=O)Nc1cc(F)c(I)c(F)c1. The van der Waals surface area contributed by atoms with Crippen LogP contribution in [0, 0.1) is 15.2 Å². The Labute approximate surface area is 172 Å². The Morgan fingerprint density at radius 1 is 1.21 bits per heavy atom. The molecular formula is C19H14F2IN3O3. The molecule has 4 rings (SSSR count). The fraction of sp³-hybridized carbons (Fsp3) is 0.211. The van der Waals surface area contributed by atoms with E-state index in [1.165, 1.54) is 22.6 Å². The summed E-state index contributed by atoms with van der Waals surface area (Å²) in [5.74, 6) is -2.86. The van der Waals surface area contributed by atoms with Gasteiger partial charge in [-0.1, -0.05) is 24.3 Å². The zero-order valence-electron chi connectivity index (χ0n) is 14.4. The Morgan fingerprint density at radius 3 is 2.61 bits per heavy atom. The minimum absolute atomic E-state index is 0.0894. The van der Waals surface area contributed by atoms with Crippen LogP contribution < -0.4 is 10.6 Å². The predicted molar refractivity (Wildman–Crippen MR) is 104 cm³/mol. The fourth-order valence-corrected chi connectivity index (χ4v) is 4.02. The van der Waals surface area contributed by atoms with E-state index in [4.69, 9.17) is 0 Å². The predicted octanol–water partition coefficient (Wildman–Crippen LogP) is 2.90. The standard InChI is InChI=1S/C19H14F2IN3O3/c20-13-7-11(8-14(21)16(13)22)23-15(26)9-25-17(27)19(24-18(25)28)6-5-10-3-1-2-4-12(10)19/h1-4,7-8H,5-6,9H2,(H,23,26)(H,24,28). The van der Waals surface area contributed by atoms with E-state index in [0.717, 1.165) is 28.2 Å². The molecule has 0 saturated carbocycles. The van der Waals surface area contributed by atoms with Crippen molar-refractivity contribution in [3.63, 3.8) is 0 Å². The molecule has 1 saturated heterocycles. The van der Waals surface area contributed by atoms with Crippen molar-refractivity contribution in [3.05, 3.63) is 62.7 Å². The Morgan fingerprint density at radius 2 is 1.89 bits per heavy atom. The van der Waals surface area contributed by atoms with Gasteiger partial charge in [-0.15, -0.1) is 0 Å². The van der Waals surface area contributed by atoms with Crippen LogP contribution in [0.15, 0.2) is 36.4 Å². The largest absolute Gasteiger partial charge is 0.325 e. The number of nitrogens with one attached hydrogen (secondary N) is 2. The fourth-order valence-electron chi connectivity index (χ4n) is 3.70. The van der Waals surface area contributed by atoms with Crippen LogP contribution in [0.2, 0.25) is 0 Å². The van der Waals surface area contributed by atoms with Crippen molar-refractivity contribution in [1.82, 2.24) is 10.2 Å². The Balaban J connectivity index is 1.52. The highest BCUT2D eigenvalue weighted by atomic mass is 127. The van der Waals surface area contributed by atoms with Gasteiger partial charge < -0.3 is 10.6 Å². The molecule has 6 nitrogen and oxygen atoms in total. The molecule has 2 aliphatic rings. The maximum absolute atomic E-state index is 13.6. The van der Waals surface area contributed by atoms with E-state index in [0.29, 0.717) is 12.8 Å². The summed E-state index contributed by atoms with van der Waals surface area (Å²) >= 11 is 1.51. The van der Waals surface area contributed by atoms with Gasteiger partial charge in [0.25, 0.3) is 5.91 Å². The van der Waals surface area contributed by atoms with Crippen molar-refractivity contribution >= 4 is 46.1 Å². The summed E-state index contributed by atoms with van der Waals surface area (Å²) in [6, 6.07) is 8.63. The minimum atomic E-state index is -1.16. The van der Waals surface area contributed by atoms with Crippen molar-refractivity contribution < 1.29 is 23.2 Å². The zero-order valence-corrected chi connectivity index (χ0v) is 16.5. The van der Waals surface area contributed by atoms with E-state index in [1.54, 1.807) is 12.1 Å². The van der Waals surface area contributed by atoms with Crippen molar-refractivity contribution in [2.24, 2.45) is 0 Å². The zero-order chi connectivity index (χ0) is 20.1. The number of aryl methyl sites for hydroxylation is 1. The molecule has 2 N–H and O–H groups in total. The van der Waals surface area contributed by atoms with E-state index in [9.17, 15) is 23.2 Å². The molecule has 144 valence electrons. The summed E-state index contributed by atoms with van der Waals surface area (Å²) < 4.78 is 27.1. The number of amides is 4. The lowest BCUT2D eigenvalue weighted by Crippen LogP contribution is -2.43. The number of rotatable bonds is 3. The first kappa shape index (κ1) is 18.8. The van der Waals surface area contributed by atoms with Crippen LogP contribution in [-0.2, 0) is 21.5 Å². The topological polar surface area (TPSA) is 78.5 Å². The van der Waals surface area contributed by atoms with Gasteiger partial charge in [-0.2, -0.15) is 0 Å². The second-order valence-electron chi connectivity index (χ2n) is 6.69. The highest BCUT2D eigenvalue weighted by molar-refractivity contribution is 14.1. The van der Waals surface area contributed by atoms with Gasteiger partial charge in [0.15, 0.2) is 0 Å². The number of anilines is 1. The van der Waals surface area contributed by atoms with Crippen molar-refractivity contribution in [3.8, 4) is 0 Å². The lowest BCUT2D eigenvalue weighted by atomic mass is 9.92. The van der Waals surface area contributed by atoms with Gasteiger partial charge in [-0.05, 0) is 58.7 Å². The molecule has 0 radical (unpaired) electrons. The average Bonchev–Trinajstić information content (AvgIpc) is 3.13. The van der Waals surface area contributed by atoms with E-state index in [1.807, 2.05) is 12.1 Å². The lowest BCUT2D eigenvalue weighted by Gasteiger charge is -2.22. The second-order valence-corrected chi connectivity index (χ2v) is 7.76. The Bertz CT molecular complexity index is 1010. The van der Waals surface area contributed by atoms with Crippen LogP contribution in [0.25, 0.3) is 0 Å². The van der Waals surface area contributed by atoms with Crippen LogP contribution in [0.5, 0.6) is 0 Å². The van der Waals surface area contributed by atoms with Crippen molar-refractivity contribution in [2.45, 2.75) is 18.4 Å². The molecule has 1 fully saturated rings. The molecule has 0 aromatic heterocycles. The van der Waals surface area contributed by atoms with Crippen molar-refractivity contribution in [2.75, 3.05) is 11.9 Å². The molecule has 1 unspecified atom stereocenters. The van der Waals surface area contributed by atoms with E-state index in [2.05, 4.69) is 10.6 Å². The van der Waals surface area contributed by atoms with Gasteiger partial charge >= 0.3 is 6.03 Å². The van der Waals surface area contributed by atoms with Crippen LogP contribution >= 0.6 is 22.6 Å². The summed E-state index contributed by atoms with van der Waals surface area (Å²) in [6.45, 7) is -0.552. The smallest absolute Gasteiger partial charge is 0.324 e. The highest BCUT2D eigenvalue weighted by Crippen LogP contribution is 2.41. The molecule has 1 aliphatic heterocycles. The van der Waals surface area contributed by atoms with E-state index >= 15 is 0 Å². The third-order valence-corrected chi connectivity index (χ3v) is 6.02.